The largest absolute Gasteiger partial charge is 0.489 e. The highest BCUT2D eigenvalue weighted by Crippen LogP contribution is 2.40. The quantitative estimate of drug-likeness (QED) is 0.0753. The molecule has 15 heteroatoms. The lowest BCUT2D eigenvalue weighted by Gasteiger charge is -2.37. The molecule has 0 fully saturated rings. The zero-order chi connectivity index (χ0) is 44.8. The lowest BCUT2D eigenvalue weighted by molar-refractivity contribution is -0.124. The van der Waals surface area contributed by atoms with Crippen molar-refractivity contribution in [2.75, 3.05) is 25.1 Å². The van der Waals surface area contributed by atoms with E-state index >= 15 is 0 Å². The maximum atomic E-state index is 13.3. The number of fused-ring (bicyclic) bond motifs is 4. The molecule has 3 amide bonds. The van der Waals surface area contributed by atoms with Crippen LogP contribution in [0.4, 0.5) is 5.69 Å². The van der Waals surface area contributed by atoms with Crippen LogP contribution in [0.2, 0.25) is 5.02 Å². The summed E-state index contributed by atoms with van der Waals surface area (Å²) in [6, 6.07) is 20.3. The lowest BCUT2D eigenvalue weighted by atomic mass is 9.95. The number of aliphatic imine (C=N–C) groups is 1. The smallest absolute Gasteiger partial charge is 0.243 e. The van der Waals surface area contributed by atoms with Crippen LogP contribution in [0.5, 0.6) is 5.75 Å². The maximum absolute atomic E-state index is 13.3. The van der Waals surface area contributed by atoms with Crippen LogP contribution in [0, 0.1) is 26.7 Å². The van der Waals surface area contributed by atoms with Gasteiger partial charge in [-0.05, 0) is 86.4 Å². The number of nitrogens with zero attached hydrogens (tertiary/aromatic N) is 5. The van der Waals surface area contributed by atoms with Gasteiger partial charge < -0.3 is 30.7 Å². The van der Waals surface area contributed by atoms with Crippen LogP contribution in [0.3, 0.4) is 0 Å². The van der Waals surface area contributed by atoms with Gasteiger partial charge in [0.2, 0.25) is 17.7 Å². The van der Waals surface area contributed by atoms with E-state index in [0.29, 0.717) is 55.6 Å². The summed E-state index contributed by atoms with van der Waals surface area (Å²) in [7, 11) is 1.93. The van der Waals surface area contributed by atoms with Crippen molar-refractivity contribution in [1.29, 1.82) is 0 Å². The Bertz CT molecular complexity index is 2460. The Morgan fingerprint density at radius 3 is 2.44 bits per heavy atom. The molecule has 5 aromatic rings. The Morgan fingerprint density at radius 2 is 1.71 bits per heavy atom. The minimum absolute atomic E-state index is 0.0149. The highest BCUT2D eigenvalue weighted by atomic mass is 35.5. The Kier molecular flexibility index (Phi) is 14.6. The summed E-state index contributed by atoms with van der Waals surface area (Å²) in [5, 5.41) is 29.5. The number of aliphatic hydroxyl groups excluding tert-OH is 1. The van der Waals surface area contributed by atoms with E-state index in [1.54, 1.807) is 11.3 Å². The molecule has 0 radical (unpaired) electrons. The van der Waals surface area contributed by atoms with Crippen LogP contribution in [0.1, 0.15) is 102 Å². The number of aryl methyl sites for hydroxylation is 2. The van der Waals surface area contributed by atoms with Gasteiger partial charge in [0.15, 0.2) is 5.82 Å². The molecule has 13 nitrogen and oxygen atoms in total. The molecule has 7 rings (SSSR count). The number of halogens is 1. The summed E-state index contributed by atoms with van der Waals surface area (Å²) < 4.78 is 8.23. The number of anilines is 1. The van der Waals surface area contributed by atoms with Crippen LogP contribution in [-0.2, 0) is 34.0 Å². The topological polar surface area (TPSA) is 163 Å². The number of hydrogen-bond acceptors (Lipinski definition) is 10. The number of hydrogen-bond donors (Lipinski definition) is 4. The Labute approximate surface area is 378 Å². The van der Waals surface area contributed by atoms with Gasteiger partial charge in [-0.25, -0.2) is 0 Å². The number of aromatic nitrogens is 3. The molecule has 3 aromatic carbocycles. The number of likely N-dealkylation sites (N-methyl/N-ethyl adjacent to an activating group) is 1. The van der Waals surface area contributed by atoms with Crippen LogP contribution < -0.4 is 25.6 Å². The minimum atomic E-state index is -0.533. The molecule has 0 aliphatic carbocycles. The van der Waals surface area contributed by atoms with Gasteiger partial charge in [-0.1, -0.05) is 74.3 Å². The monoisotopic (exact) mass is 892 g/mol. The molecule has 4 N–H and O–H groups in total. The molecule has 4 heterocycles. The fourth-order valence-corrected chi connectivity index (χ4v) is 9.67. The first-order chi connectivity index (χ1) is 30.3. The number of aliphatic hydroxyl groups is 1. The number of nitrogens with one attached hydrogen (secondary N) is 3. The number of benzene rings is 3. The highest BCUT2D eigenvalue weighted by molar-refractivity contribution is 7.15. The molecular weight excluding hydrogens is 836 g/mol. The number of amides is 3. The van der Waals surface area contributed by atoms with Crippen LogP contribution in [0.25, 0.3) is 5.00 Å². The van der Waals surface area contributed by atoms with Gasteiger partial charge >= 0.3 is 0 Å². The third-order valence-electron chi connectivity index (χ3n) is 11.8. The molecule has 63 heavy (non-hydrogen) atoms. The fourth-order valence-electron chi connectivity index (χ4n) is 8.33. The van der Waals surface area contributed by atoms with Gasteiger partial charge in [0.25, 0.3) is 0 Å². The first kappa shape index (κ1) is 45.5. The van der Waals surface area contributed by atoms with Crippen LogP contribution in [0.15, 0.2) is 71.7 Å². The number of rotatable bonds is 16. The van der Waals surface area contributed by atoms with Crippen molar-refractivity contribution >= 4 is 52.1 Å². The molecule has 332 valence electrons. The third-order valence-corrected chi connectivity index (χ3v) is 13.3. The van der Waals surface area contributed by atoms with E-state index in [0.717, 1.165) is 68.4 Å². The van der Waals surface area contributed by atoms with Crippen molar-refractivity contribution in [3.05, 3.63) is 122 Å². The van der Waals surface area contributed by atoms with Crippen LogP contribution in [-0.4, -0.2) is 75.6 Å². The van der Waals surface area contributed by atoms with E-state index in [-0.39, 0.29) is 48.8 Å². The number of thiophene rings is 1. The first-order valence-electron chi connectivity index (χ1n) is 21.7. The van der Waals surface area contributed by atoms with E-state index in [2.05, 4.69) is 40.0 Å². The minimum Gasteiger partial charge on any atom is -0.489 e. The molecule has 3 atom stereocenters. The Hall–Kier alpha value is -5.57. The van der Waals surface area contributed by atoms with Crippen molar-refractivity contribution in [3.8, 4) is 10.8 Å². The Morgan fingerprint density at radius 1 is 0.968 bits per heavy atom. The predicted molar refractivity (Wildman–Crippen MR) is 248 cm³/mol. The maximum Gasteiger partial charge on any atom is 0.243 e. The Balaban J connectivity index is 0.844. The molecule has 0 saturated heterocycles. The van der Waals surface area contributed by atoms with E-state index in [9.17, 15) is 19.5 Å². The zero-order valence-corrected chi connectivity index (χ0v) is 38.4. The van der Waals surface area contributed by atoms with Gasteiger partial charge in [-0.3, -0.25) is 23.9 Å². The predicted octanol–water partition coefficient (Wildman–Crippen LogP) is 7.26. The molecular formula is C48H57ClN8O5S. The summed E-state index contributed by atoms with van der Waals surface area (Å²) in [6.07, 6.45) is 3.32. The van der Waals surface area contributed by atoms with E-state index < -0.39 is 6.04 Å². The van der Waals surface area contributed by atoms with Gasteiger partial charge in [-0.15, -0.1) is 21.5 Å². The number of carbonyl (C=O) groups is 3. The SMILES string of the molecule is Cc1sc2c(c1C)C(c1ccc(Cl)cc1)=NC(CC(=O)NCCCCCC(=O)NCc1ccc(COc3ccc4c(c3)N(C)[C@@H](C(C)C)C(=O)NC(CO)C4)cc1)c1nnc(C)n1-2. The standard InChI is InChI=1S/C48H57ClN8O5S/c1-28(2)45-47(61)52-37(26-58)22-35-17-20-38(23-40(35)56(45)6)62-27-33-13-11-32(12-14-33)25-51-41(59)10-8-7-9-21-50-42(60)24-39-46-55-54-31(5)57(46)48-43(29(3)30(4)63-48)44(53-39)34-15-18-36(49)19-16-34/h11-20,23,28,37,39,45,58H,7-10,21-22,24-27H2,1-6H3,(H,50,60)(H,51,59)(H,52,61)/t37?,39?,45-/m0/s1. The summed E-state index contributed by atoms with van der Waals surface area (Å²) in [5.41, 5.74) is 7.83. The van der Waals surface area contributed by atoms with Crippen molar-refractivity contribution < 1.29 is 24.2 Å². The molecule has 2 unspecified atom stereocenters. The second-order valence-corrected chi connectivity index (χ2v) is 18.5. The van der Waals surface area contributed by atoms with Gasteiger partial charge in [0.1, 0.15) is 35.3 Å². The van der Waals surface area contributed by atoms with Gasteiger partial charge in [-0.2, -0.15) is 0 Å². The second kappa shape index (κ2) is 20.3. The molecule has 0 bridgehead atoms. The molecule has 2 aliphatic heterocycles. The lowest BCUT2D eigenvalue weighted by Crippen LogP contribution is -2.54. The summed E-state index contributed by atoms with van der Waals surface area (Å²) >= 11 is 7.91. The molecule has 2 aromatic heterocycles. The van der Waals surface area contributed by atoms with E-state index in [1.807, 2.05) is 104 Å². The van der Waals surface area contributed by atoms with Crippen LogP contribution >= 0.6 is 22.9 Å². The first-order valence-corrected chi connectivity index (χ1v) is 22.9. The van der Waals surface area contributed by atoms with Crippen molar-refractivity contribution in [1.82, 2.24) is 30.7 Å². The average molecular weight is 894 g/mol. The number of carbonyl (C=O) groups excluding carboxylic acids is 3. The van der Waals surface area contributed by atoms with Gasteiger partial charge in [0, 0.05) is 59.3 Å². The third kappa shape index (κ3) is 10.6. The number of unbranched alkanes of at least 4 members (excludes halogenated alkanes) is 2. The van der Waals surface area contributed by atoms with Crippen molar-refractivity contribution in [2.24, 2.45) is 10.9 Å². The summed E-state index contributed by atoms with van der Waals surface area (Å²) in [6.45, 7) is 11.3. The summed E-state index contributed by atoms with van der Waals surface area (Å²) in [5.74, 6) is 1.92. The fraction of sp³-hybridized carbons (Fsp3) is 0.417. The van der Waals surface area contributed by atoms with Crippen molar-refractivity contribution in [3.63, 3.8) is 0 Å². The highest BCUT2D eigenvalue weighted by Gasteiger charge is 2.34. The van der Waals surface area contributed by atoms with E-state index in [4.69, 9.17) is 21.3 Å². The molecule has 0 spiro atoms. The summed E-state index contributed by atoms with van der Waals surface area (Å²) in [4.78, 5) is 47.4. The average Bonchev–Trinajstić information content (AvgIpc) is 3.74. The second-order valence-electron chi connectivity index (χ2n) is 16.8. The number of ether oxygens (including phenoxy) is 1. The normalized spacial score (nSPS) is 17.1. The molecule has 0 saturated carbocycles. The molecule has 2 aliphatic rings. The van der Waals surface area contributed by atoms with E-state index in [1.165, 1.54) is 4.88 Å². The van der Waals surface area contributed by atoms with Gasteiger partial charge in [0.05, 0.1) is 24.8 Å². The van der Waals surface area contributed by atoms with Crippen molar-refractivity contribution in [2.45, 2.75) is 104 Å². The zero-order valence-electron chi connectivity index (χ0n) is 36.8.